The number of benzene rings is 4. The Balaban J connectivity index is 1.26. The van der Waals surface area contributed by atoms with Gasteiger partial charge in [0.05, 0.1) is 28.9 Å². The molecule has 0 aromatic heterocycles. The summed E-state index contributed by atoms with van der Waals surface area (Å²) in [6, 6.07) is 24.0. The molecular weight excluding hydrogens is 685 g/mol. The molecule has 8 rings (SSSR count). The molecule has 2 aliphatic heterocycles. The molecule has 3 N–H and O–H groups in total. The summed E-state index contributed by atoms with van der Waals surface area (Å²) in [5.41, 5.74) is 4.76. The molecule has 4 aromatic carbocycles. The number of anilines is 1. The predicted molar refractivity (Wildman–Crippen MR) is 190 cm³/mol. The molecule has 4 amide bonds. The van der Waals surface area contributed by atoms with Crippen LogP contribution in [-0.2, 0) is 31.0 Å². The average Bonchev–Trinajstić information content (AvgIpc) is 3.51. The van der Waals surface area contributed by atoms with Crippen molar-refractivity contribution in [3.8, 4) is 11.5 Å². The van der Waals surface area contributed by atoms with Crippen LogP contribution < -0.4 is 5.43 Å². The molecule has 264 valence electrons. The maximum atomic E-state index is 15.2. The first kappa shape index (κ1) is 33.7. The average molecular weight is 720 g/mol. The number of phenolic OH excluding ortho intramolecular Hbond substituents is 2. The van der Waals surface area contributed by atoms with Crippen LogP contribution in [0.25, 0.3) is 0 Å². The lowest BCUT2D eigenvalue weighted by molar-refractivity contribution is -0.141. The molecule has 0 unspecified atom stereocenters. The first-order valence-corrected chi connectivity index (χ1v) is 17.7. The van der Waals surface area contributed by atoms with Crippen molar-refractivity contribution in [2.45, 2.75) is 37.5 Å². The van der Waals surface area contributed by atoms with Crippen molar-refractivity contribution in [2.75, 3.05) is 12.0 Å². The Morgan fingerprint density at radius 2 is 1.58 bits per heavy atom. The minimum atomic E-state index is -1.58. The number of nitrogens with zero attached hydrogens (tertiary/aromatic N) is 2. The molecule has 4 aromatic rings. The fourth-order valence-corrected chi connectivity index (χ4v) is 9.23. The molecule has 0 radical (unpaired) electrons. The van der Waals surface area contributed by atoms with E-state index in [9.17, 15) is 29.0 Å². The maximum Gasteiger partial charge on any atom is 0.260 e. The van der Waals surface area contributed by atoms with Gasteiger partial charge < -0.3 is 10.2 Å². The van der Waals surface area contributed by atoms with E-state index in [0.717, 1.165) is 16.1 Å². The van der Waals surface area contributed by atoms with Crippen LogP contribution in [0.5, 0.6) is 11.5 Å². The van der Waals surface area contributed by atoms with E-state index in [1.54, 1.807) is 73.7 Å². The number of hydrazine groups is 1. The maximum absolute atomic E-state index is 15.2. The number of hydrogen-bond donors (Lipinski definition) is 3. The number of likely N-dealkylation sites (tertiary alicyclic amines) is 1. The number of para-hydroxylation sites is 1. The van der Waals surface area contributed by atoms with Crippen molar-refractivity contribution >= 4 is 40.9 Å². The number of amides is 4. The normalized spacial score (nSPS) is 26.6. The van der Waals surface area contributed by atoms with Crippen molar-refractivity contribution in [1.82, 2.24) is 9.91 Å². The van der Waals surface area contributed by atoms with Crippen LogP contribution in [0.15, 0.2) is 103 Å². The van der Waals surface area contributed by atoms with E-state index in [1.807, 2.05) is 6.08 Å². The van der Waals surface area contributed by atoms with Crippen molar-refractivity contribution in [3.05, 3.63) is 136 Å². The molecule has 11 heteroatoms. The van der Waals surface area contributed by atoms with Gasteiger partial charge >= 0.3 is 0 Å². The third kappa shape index (κ3) is 5.10. The number of imide groups is 2. The number of rotatable bonds is 7. The molecule has 2 heterocycles. The van der Waals surface area contributed by atoms with E-state index < -0.39 is 52.6 Å². The first-order chi connectivity index (χ1) is 25.0. The minimum Gasteiger partial charge on any atom is -0.508 e. The smallest absolute Gasteiger partial charge is 0.260 e. The highest BCUT2D eigenvalue weighted by Gasteiger charge is 2.70. The molecule has 4 aliphatic rings. The quantitative estimate of drug-likeness (QED) is 0.149. The second-order valence-electron chi connectivity index (χ2n) is 14.1. The van der Waals surface area contributed by atoms with Gasteiger partial charge in [0.1, 0.15) is 17.3 Å². The highest BCUT2D eigenvalue weighted by molar-refractivity contribution is 6.30. The van der Waals surface area contributed by atoms with Gasteiger partial charge in [0.15, 0.2) is 0 Å². The summed E-state index contributed by atoms with van der Waals surface area (Å²) in [5.74, 6) is -6.02. The molecule has 1 saturated carbocycles. The zero-order valence-electron chi connectivity index (χ0n) is 28.1. The van der Waals surface area contributed by atoms with Gasteiger partial charge in [-0.1, -0.05) is 65.7 Å². The number of hydrogen-bond acceptors (Lipinski definition) is 7. The van der Waals surface area contributed by atoms with Crippen LogP contribution >= 0.6 is 11.6 Å². The number of allylic oxidation sites excluding steroid dienone is 2. The number of phenols is 2. The SMILES string of the molecule is Cc1cccc([C@H]2C3=CC[C@@H]4C(=O)N(CCc5ccc(O)cc5)C(=O)[C@@H]4[C@@H]3C[C@H]3C(=O)N(Nc4ccc(F)cc4)C(=O)[C@@]23c2ccc(Cl)cc2)c1O. The van der Waals surface area contributed by atoms with E-state index in [0.29, 0.717) is 33.8 Å². The van der Waals surface area contributed by atoms with Crippen molar-refractivity contribution in [2.24, 2.45) is 23.7 Å². The number of nitrogens with one attached hydrogen (secondary N) is 1. The first-order valence-electron chi connectivity index (χ1n) is 17.3. The van der Waals surface area contributed by atoms with Crippen molar-refractivity contribution in [3.63, 3.8) is 0 Å². The summed E-state index contributed by atoms with van der Waals surface area (Å²) in [5, 5.41) is 22.8. The number of halogens is 2. The van der Waals surface area contributed by atoms with Crippen LogP contribution in [0.2, 0.25) is 5.02 Å². The molecule has 2 aliphatic carbocycles. The molecule has 3 fully saturated rings. The summed E-state index contributed by atoms with van der Waals surface area (Å²) >= 11 is 6.35. The van der Waals surface area contributed by atoms with Gasteiger partial charge in [-0.05, 0) is 97.3 Å². The van der Waals surface area contributed by atoms with Crippen molar-refractivity contribution < 1.29 is 33.8 Å². The summed E-state index contributed by atoms with van der Waals surface area (Å²) in [6.07, 6.45) is 2.69. The number of aryl methyl sites for hydroxylation is 1. The van der Waals surface area contributed by atoms with E-state index in [2.05, 4.69) is 5.43 Å². The van der Waals surface area contributed by atoms with Crippen LogP contribution in [0.4, 0.5) is 10.1 Å². The second kappa shape index (κ2) is 12.6. The Labute approximate surface area is 304 Å². The Hall–Kier alpha value is -5.48. The molecule has 9 nitrogen and oxygen atoms in total. The number of carbonyl (C=O) groups excluding carboxylic acids is 4. The fourth-order valence-electron chi connectivity index (χ4n) is 9.10. The third-order valence-electron chi connectivity index (χ3n) is 11.5. The Kier molecular flexibility index (Phi) is 8.17. The van der Waals surface area contributed by atoms with Crippen LogP contribution in [0.3, 0.4) is 0 Å². The number of aromatic hydroxyl groups is 2. The molecule has 2 saturated heterocycles. The summed E-state index contributed by atoms with van der Waals surface area (Å²) in [4.78, 5) is 59.5. The lowest BCUT2D eigenvalue weighted by Gasteiger charge is -2.50. The standard InChI is InChI=1S/C41H35ClFN3O6/c1-22-3-2-4-31(36(22)48)35-29-17-18-30-34(39(51)45(37(30)49)20-19-23-5-15-28(47)16-6-23)32(29)21-33-38(50)46(44-27-13-11-26(43)12-14-27)40(52)41(33,35)24-7-9-25(42)10-8-24/h2-17,30,32-35,44,47-48H,18-21H2,1H3/t30-,32+,33-,34-,35+,41+/m0/s1. The molecule has 0 spiro atoms. The molecule has 0 bridgehead atoms. The van der Waals surface area contributed by atoms with E-state index in [-0.39, 0.29) is 42.7 Å². The Morgan fingerprint density at radius 1 is 0.865 bits per heavy atom. The van der Waals surface area contributed by atoms with Crippen LogP contribution in [0, 0.1) is 36.4 Å². The molecule has 52 heavy (non-hydrogen) atoms. The zero-order valence-corrected chi connectivity index (χ0v) is 28.9. The highest BCUT2D eigenvalue weighted by Crippen LogP contribution is 2.65. The van der Waals surface area contributed by atoms with E-state index >= 15 is 4.79 Å². The highest BCUT2D eigenvalue weighted by atomic mass is 35.5. The van der Waals surface area contributed by atoms with Gasteiger partial charge in [0, 0.05) is 23.0 Å². The van der Waals surface area contributed by atoms with E-state index in [1.165, 1.54) is 29.2 Å². The van der Waals surface area contributed by atoms with Gasteiger partial charge in [-0.2, -0.15) is 5.01 Å². The van der Waals surface area contributed by atoms with Crippen molar-refractivity contribution in [1.29, 1.82) is 0 Å². The summed E-state index contributed by atoms with van der Waals surface area (Å²) in [7, 11) is 0. The third-order valence-corrected chi connectivity index (χ3v) is 11.7. The Morgan fingerprint density at radius 3 is 2.29 bits per heavy atom. The largest absolute Gasteiger partial charge is 0.508 e. The monoisotopic (exact) mass is 719 g/mol. The van der Waals surface area contributed by atoms with Gasteiger partial charge in [-0.3, -0.25) is 29.5 Å². The van der Waals surface area contributed by atoms with Gasteiger partial charge in [-0.25, -0.2) is 4.39 Å². The zero-order chi connectivity index (χ0) is 36.5. The number of carbonyl (C=O) groups is 4. The number of fused-ring (bicyclic) bond motifs is 4. The minimum absolute atomic E-state index is 0.0298. The Bertz CT molecular complexity index is 2150. The predicted octanol–water partition coefficient (Wildman–Crippen LogP) is 6.43. The van der Waals surface area contributed by atoms with E-state index in [4.69, 9.17) is 11.6 Å². The topological polar surface area (TPSA) is 127 Å². The van der Waals surface area contributed by atoms with Gasteiger partial charge in [0.25, 0.3) is 11.8 Å². The second-order valence-corrected chi connectivity index (χ2v) is 14.6. The molecular formula is C41H35ClFN3O6. The summed E-state index contributed by atoms with van der Waals surface area (Å²) in [6.45, 7) is 1.91. The summed E-state index contributed by atoms with van der Waals surface area (Å²) < 4.78 is 13.9. The van der Waals surface area contributed by atoms with Crippen LogP contribution in [0.1, 0.15) is 41.0 Å². The van der Waals surface area contributed by atoms with Gasteiger partial charge in [-0.15, -0.1) is 0 Å². The lowest BCUT2D eigenvalue weighted by Crippen LogP contribution is -2.53. The fraction of sp³-hybridized carbons (Fsp3) is 0.268. The van der Waals surface area contributed by atoms with Crippen LogP contribution in [-0.4, -0.2) is 50.3 Å². The molecule has 6 atom stereocenters. The van der Waals surface area contributed by atoms with Gasteiger partial charge in [0.2, 0.25) is 11.8 Å². The lowest BCUT2D eigenvalue weighted by atomic mass is 9.49.